The third-order valence-electron chi connectivity index (χ3n) is 2.83. The lowest BCUT2D eigenvalue weighted by Crippen LogP contribution is -2.30. The average Bonchev–Trinajstić information content (AvgIpc) is 2.67. The van der Waals surface area contributed by atoms with E-state index < -0.39 is 5.60 Å². The number of aldehydes is 1. The van der Waals surface area contributed by atoms with E-state index in [-0.39, 0.29) is 5.69 Å². The molecular weight excluding hydrogens is 182 g/mol. The van der Waals surface area contributed by atoms with E-state index in [4.69, 9.17) is 0 Å². The van der Waals surface area contributed by atoms with Crippen molar-refractivity contribution in [2.75, 3.05) is 0 Å². The fraction of sp³-hybridized carbons (Fsp3) is 0.667. The van der Waals surface area contributed by atoms with Crippen LogP contribution in [0.1, 0.15) is 48.3 Å². The Kier molecular flexibility index (Phi) is 2.33. The number of nitrogens with one attached hydrogen (secondary N) is 1. The number of hydrogen-bond acceptors (Lipinski definition) is 4. The predicted octanol–water partition coefficient (Wildman–Crippen LogP) is 0.769. The Morgan fingerprint density at radius 1 is 1.36 bits per heavy atom. The highest BCUT2D eigenvalue weighted by molar-refractivity contribution is 5.73. The summed E-state index contributed by atoms with van der Waals surface area (Å²) >= 11 is 0. The van der Waals surface area contributed by atoms with Crippen LogP contribution in [0.5, 0.6) is 0 Å². The second-order valence-electron chi connectivity index (χ2n) is 3.78. The van der Waals surface area contributed by atoms with Crippen molar-refractivity contribution in [1.29, 1.82) is 0 Å². The van der Waals surface area contributed by atoms with E-state index >= 15 is 0 Å². The molecule has 0 aromatic carbocycles. The average molecular weight is 195 g/mol. The topological polar surface area (TPSA) is 78.9 Å². The van der Waals surface area contributed by atoms with Crippen molar-refractivity contribution in [3.05, 3.63) is 11.4 Å². The molecule has 1 saturated carbocycles. The number of aliphatic hydroxyl groups is 1. The van der Waals surface area contributed by atoms with Gasteiger partial charge in [-0.2, -0.15) is 0 Å². The van der Waals surface area contributed by atoms with Crippen LogP contribution in [0.2, 0.25) is 0 Å². The summed E-state index contributed by atoms with van der Waals surface area (Å²) in [6.45, 7) is 0. The molecule has 1 aromatic rings. The Morgan fingerprint density at radius 2 is 2.07 bits per heavy atom. The van der Waals surface area contributed by atoms with Crippen LogP contribution in [0.15, 0.2) is 0 Å². The van der Waals surface area contributed by atoms with Crippen molar-refractivity contribution in [2.45, 2.75) is 37.7 Å². The van der Waals surface area contributed by atoms with Crippen molar-refractivity contribution >= 4 is 6.29 Å². The summed E-state index contributed by atoms with van der Waals surface area (Å²) in [7, 11) is 0. The molecule has 1 heterocycles. The maximum atomic E-state index is 10.6. The van der Waals surface area contributed by atoms with Gasteiger partial charge in [-0.15, -0.1) is 5.10 Å². The lowest BCUT2D eigenvalue weighted by molar-refractivity contribution is -0.00520. The van der Waals surface area contributed by atoms with E-state index in [2.05, 4.69) is 15.4 Å². The van der Waals surface area contributed by atoms with Gasteiger partial charge < -0.3 is 5.11 Å². The van der Waals surface area contributed by atoms with E-state index in [0.717, 1.165) is 19.3 Å². The summed E-state index contributed by atoms with van der Waals surface area (Å²) in [6.07, 6.45) is 5.09. The molecule has 1 aliphatic rings. The number of nitrogens with zero attached hydrogens (tertiary/aromatic N) is 2. The van der Waals surface area contributed by atoms with Crippen LogP contribution in [-0.2, 0) is 5.60 Å². The Balaban J connectivity index is 2.31. The van der Waals surface area contributed by atoms with Gasteiger partial charge in [-0.1, -0.05) is 24.5 Å². The van der Waals surface area contributed by atoms with Gasteiger partial charge in [0.15, 0.2) is 12.0 Å². The maximum absolute atomic E-state index is 10.6. The summed E-state index contributed by atoms with van der Waals surface area (Å²) < 4.78 is 0. The molecule has 0 spiro atoms. The first-order valence-electron chi connectivity index (χ1n) is 4.85. The molecule has 0 aliphatic heterocycles. The third kappa shape index (κ3) is 1.43. The molecule has 1 fully saturated rings. The maximum Gasteiger partial charge on any atom is 0.172 e. The quantitative estimate of drug-likeness (QED) is 0.683. The van der Waals surface area contributed by atoms with Gasteiger partial charge in [0.1, 0.15) is 5.60 Å². The number of aromatic nitrogens is 3. The number of carbonyl (C=O) groups excluding carboxylic acids is 1. The Hall–Kier alpha value is -1.23. The molecule has 1 aromatic heterocycles. The lowest BCUT2D eigenvalue weighted by atomic mass is 9.82. The van der Waals surface area contributed by atoms with Crippen molar-refractivity contribution in [3.8, 4) is 0 Å². The monoisotopic (exact) mass is 195 g/mol. The zero-order chi connectivity index (χ0) is 10.0. The molecule has 5 nitrogen and oxygen atoms in total. The minimum Gasteiger partial charge on any atom is -0.383 e. The fourth-order valence-corrected chi connectivity index (χ4v) is 2.05. The molecule has 76 valence electrons. The number of aromatic amines is 1. The molecule has 2 N–H and O–H groups in total. The molecule has 0 amide bonds. The van der Waals surface area contributed by atoms with Crippen molar-refractivity contribution < 1.29 is 9.90 Å². The largest absolute Gasteiger partial charge is 0.383 e. The van der Waals surface area contributed by atoms with Gasteiger partial charge >= 0.3 is 0 Å². The van der Waals surface area contributed by atoms with Crippen LogP contribution in [0, 0.1) is 0 Å². The van der Waals surface area contributed by atoms with Crippen molar-refractivity contribution in [3.63, 3.8) is 0 Å². The minimum atomic E-state index is -0.919. The Labute approximate surface area is 81.5 Å². The second kappa shape index (κ2) is 3.49. The van der Waals surface area contributed by atoms with Crippen LogP contribution >= 0.6 is 0 Å². The molecule has 0 radical (unpaired) electrons. The van der Waals surface area contributed by atoms with Crippen LogP contribution in [0.4, 0.5) is 0 Å². The minimum absolute atomic E-state index is 0.231. The number of hydrogen-bond donors (Lipinski definition) is 2. The number of H-pyrrole nitrogens is 1. The summed E-state index contributed by atoms with van der Waals surface area (Å²) in [4.78, 5) is 10.6. The smallest absolute Gasteiger partial charge is 0.172 e. The molecule has 0 bridgehead atoms. The standard InChI is InChI=1S/C9H13N3O2/c13-6-7-8(11-12-10-7)9(14)4-2-1-3-5-9/h6,14H,1-5H2,(H,10,11,12). The summed E-state index contributed by atoms with van der Waals surface area (Å²) in [6, 6.07) is 0. The zero-order valence-corrected chi connectivity index (χ0v) is 7.86. The molecule has 1 aliphatic carbocycles. The highest BCUT2D eigenvalue weighted by Gasteiger charge is 2.35. The van der Waals surface area contributed by atoms with Crippen LogP contribution in [0.3, 0.4) is 0 Å². The van der Waals surface area contributed by atoms with Gasteiger partial charge in [-0.25, -0.2) is 0 Å². The molecular formula is C9H13N3O2. The summed E-state index contributed by atoms with van der Waals surface area (Å²) in [5.41, 5.74) is -0.209. The first-order chi connectivity index (χ1) is 6.76. The van der Waals surface area contributed by atoms with Crippen molar-refractivity contribution in [1.82, 2.24) is 15.4 Å². The first-order valence-corrected chi connectivity index (χ1v) is 4.85. The molecule has 0 atom stereocenters. The van der Waals surface area contributed by atoms with E-state index in [0.29, 0.717) is 24.8 Å². The zero-order valence-electron chi connectivity index (χ0n) is 7.86. The van der Waals surface area contributed by atoms with Gasteiger partial charge in [0, 0.05) is 0 Å². The van der Waals surface area contributed by atoms with Crippen molar-refractivity contribution in [2.24, 2.45) is 0 Å². The van der Waals surface area contributed by atoms with Gasteiger partial charge in [-0.3, -0.25) is 9.89 Å². The SMILES string of the molecule is O=Cc1nn[nH]c1C1(O)CCCCC1. The highest BCUT2D eigenvalue weighted by atomic mass is 16.3. The van der Waals surface area contributed by atoms with Gasteiger partial charge in [-0.05, 0) is 12.8 Å². The summed E-state index contributed by atoms with van der Waals surface area (Å²) in [5, 5.41) is 20.1. The predicted molar refractivity (Wildman–Crippen MR) is 48.8 cm³/mol. The third-order valence-corrected chi connectivity index (χ3v) is 2.83. The number of carbonyl (C=O) groups is 1. The lowest BCUT2D eigenvalue weighted by Gasteiger charge is -2.30. The van der Waals surface area contributed by atoms with Gasteiger partial charge in [0.05, 0.1) is 5.69 Å². The normalized spacial score (nSPS) is 20.6. The van der Waals surface area contributed by atoms with Gasteiger partial charge in [0.2, 0.25) is 0 Å². The first kappa shape index (κ1) is 9.33. The van der Waals surface area contributed by atoms with Crippen LogP contribution in [-0.4, -0.2) is 26.8 Å². The fourth-order valence-electron chi connectivity index (χ4n) is 2.05. The van der Waals surface area contributed by atoms with E-state index in [1.165, 1.54) is 0 Å². The second-order valence-corrected chi connectivity index (χ2v) is 3.78. The number of rotatable bonds is 2. The van der Waals surface area contributed by atoms with Crippen LogP contribution < -0.4 is 0 Å². The highest BCUT2D eigenvalue weighted by Crippen LogP contribution is 2.36. The van der Waals surface area contributed by atoms with E-state index in [1.54, 1.807) is 0 Å². The molecule has 0 saturated heterocycles. The van der Waals surface area contributed by atoms with Gasteiger partial charge in [0.25, 0.3) is 0 Å². The van der Waals surface area contributed by atoms with E-state index in [9.17, 15) is 9.90 Å². The molecule has 0 unspecified atom stereocenters. The molecule has 2 rings (SSSR count). The summed E-state index contributed by atoms with van der Waals surface area (Å²) in [5.74, 6) is 0. The Morgan fingerprint density at radius 3 is 2.71 bits per heavy atom. The molecule has 14 heavy (non-hydrogen) atoms. The Bertz CT molecular complexity index is 329. The molecule has 5 heteroatoms. The van der Waals surface area contributed by atoms with Crippen LogP contribution in [0.25, 0.3) is 0 Å². The van der Waals surface area contributed by atoms with E-state index in [1.807, 2.05) is 0 Å².